The molecule has 0 saturated heterocycles. The van der Waals surface area contributed by atoms with Crippen molar-refractivity contribution in [3.05, 3.63) is 34.1 Å². The van der Waals surface area contributed by atoms with Crippen LogP contribution in [-0.4, -0.2) is 6.29 Å². The zero-order valence-corrected chi connectivity index (χ0v) is 9.06. The molecule has 0 aliphatic rings. The first kappa shape index (κ1) is 10.4. The highest BCUT2D eigenvalue weighted by molar-refractivity contribution is 9.10. The Hall–Kier alpha value is -0.700. The molecule has 0 aliphatic heterocycles. The van der Waals surface area contributed by atoms with Gasteiger partial charge in [0.15, 0.2) is 0 Å². The highest BCUT2D eigenvalue weighted by atomic mass is 79.9. The number of hydrogen-bond donors (Lipinski definition) is 0. The van der Waals surface area contributed by atoms with E-state index in [1.165, 1.54) is 12.1 Å². The van der Waals surface area contributed by atoms with Crippen LogP contribution in [0.1, 0.15) is 19.4 Å². The SMILES string of the molecule is CC(C)(C=O)c1cc(F)cc(Br)c1. The van der Waals surface area contributed by atoms with E-state index in [9.17, 15) is 9.18 Å². The van der Waals surface area contributed by atoms with E-state index in [1.807, 2.05) is 0 Å². The molecule has 1 aromatic rings. The van der Waals surface area contributed by atoms with Gasteiger partial charge in [0.1, 0.15) is 12.1 Å². The summed E-state index contributed by atoms with van der Waals surface area (Å²) in [6.45, 7) is 3.50. The Morgan fingerprint density at radius 3 is 2.46 bits per heavy atom. The van der Waals surface area contributed by atoms with Crippen LogP contribution in [0.5, 0.6) is 0 Å². The van der Waals surface area contributed by atoms with Gasteiger partial charge in [0, 0.05) is 9.89 Å². The lowest BCUT2D eigenvalue weighted by atomic mass is 9.86. The Labute approximate surface area is 85.1 Å². The van der Waals surface area contributed by atoms with Crippen molar-refractivity contribution in [1.82, 2.24) is 0 Å². The zero-order chi connectivity index (χ0) is 10.1. The maximum Gasteiger partial charge on any atom is 0.129 e. The lowest BCUT2D eigenvalue weighted by Gasteiger charge is -2.17. The number of carbonyl (C=O) groups excluding carboxylic acids is 1. The second kappa shape index (κ2) is 3.58. The maximum absolute atomic E-state index is 12.9. The van der Waals surface area contributed by atoms with Gasteiger partial charge >= 0.3 is 0 Å². The topological polar surface area (TPSA) is 17.1 Å². The van der Waals surface area contributed by atoms with E-state index >= 15 is 0 Å². The average molecular weight is 245 g/mol. The fraction of sp³-hybridized carbons (Fsp3) is 0.300. The Bertz CT molecular complexity index is 313. The molecular weight excluding hydrogens is 235 g/mol. The molecular formula is C10H10BrFO. The molecule has 0 aromatic heterocycles. The molecule has 1 nitrogen and oxygen atoms in total. The van der Waals surface area contributed by atoms with Crippen LogP contribution >= 0.6 is 15.9 Å². The second-order valence-corrected chi connectivity index (χ2v) is 4.41. The Kier molecular flexibility index (Phi) is 2.86. The van der Waals surface area contributed by atoms with Gasteiger partial charge in [-0.1, -0.05) is 15.9 Å². The van der Waals surface area contributed by atoms with E-state index in [2.05, 4.69) is 15.9 Å². The van der Waals surface area contributed by atoms with Gasteiger partial charge in [-0.3, -0.25) is 0 Å². The molecule has 0 atom stereocenters. The van der Waals surface area contributed by atoms with Gasteiger partial charge in [-0.15, -0.1) is 0 Å². The molecule has 1 rings (SSSR count). The average Bonchev–Trinajstić information content (AvgIpc) is 2.02. The molecule has 0 N–H and O–H groups in total. The first-order chi connectivity index (χ1) is 5.95. The van der Waals surface area contributed by atoms with Gasteiger partial charge in [0.25, 0.3) is 0 Å². The molecule has 0 amide bonds. The van der Waals surface area contributed by atoms with Crippen molar-refractivity contribution in [2.75, 3.05) is 0 Å². The highest BCUT2D eigenvalue weighted by Gasteiger charge is 2.20. The van der Waals surface area contributed by atoms with Crippen molar-refractivity contribution in [3.8, 4) is 0 Å². The number of aldehydes is 1. The van der Waals surface area contributed by atoms with Crippen LogP contribution in [-0.2, 0) is 10.2 Å². The summed E-state index contributed by atoms with van der Waals surface area (Å²) < 4.78 is 13.6. The quantitative estimate of drug-likeness (QED) is 0.732. The van der Waals surface area contributed by atoms with Crippen molar-refractivity contribution in [1.29, 1.82) is 0 Å². The fourth-order valence-electron chi connectivity index (χ4n) is 0.994. The van der Waals surface area contributed by atoms with E-state index in [0.29, 0.717) is 10.0 Å². The van der Waals surface area contributed by atoms with Crippen LogP contribution in [0.3, 0.4) is 0 Å². The molecule has 0 saturated carbocycles. The summed E-state index contributed by atoms with van der Waals surface area (Å²) in [5.74, 6) is -0.334. The molecule has 0 unspecified atom stereocenters. The first-order valence-electron chi connectivity index (χ1n) is 3.88. The first-order valence-corrected chi connectivity index (χ1v) is 4.68. The summed E-state index contributed by atoms with van der Waals surface area (Å²) in [6.07, 6.45) is 0.814. The van der Waals surface area contributed by atoms with Crippen molar-refractivity contribution >= 4 is 22.2 Å². The van der Waals surface area contributed by atoms with Crippen LogP contribution in [0.15, 0.2) is 22.7 Å². The molecule has 0 aliphatic carbocycles. The zero-order valence-electron chi connectivity index (χ0n) is 7.47. The van der Waals surface area contributed by atoms with Gasteiger partial charge in [0.05, 0.1) is 0 Å². The Morgan fingerprint density at radius 2 is 2.00 bits per heavy atom. The molecule has 70 valence electrons. The van der Waals surface area contributed by atoms with E-state index in [0.717, 1.165) is 6.29 Å². The predicted octanol–water partition coefficient (Wildman–Crippen LogP) is 3.06. The van der Waals surface area contributed by atoms with Gasteiger partial charge < -0.3 is 4.79 Å². The summed E-state index contributed by atoms with van der Waals surface area (Å²) in [5.41, 5.74) is 0.0410. The number of hydrogen-bond acceptors (Lipinski definition) is 1. The third kappa shape index (κ3) is 2.37. The lowest BCUT2D eigenvalue weighted by molar-refractivity contribution is -0.111. The van der Waals surface area contributed by atoms with Crippen molar-refractivity contribution in [2.45, 2.75) is 19.3 Å². The van der Waals surface area contributed by atoms with E-state index in [4.69, 9.17) is 0 Å². The molecule has 0 heterocycles. The van der Waals surface area contributed by atoms with Crippen molar-refractivity contribution in [3.63, 3.8) is 0 Å². The van der Waals surface area contributed by atoms with Crippen molar-refractivity contribution in [2.24, 2.45) is 0 Å². The Balaban J connectivity index is 3.22. The smallest absolute Gasteiger partial charge is 0.129 e. The highest BCUT2D eigenvalue weighted by Crippen LogP contribution is 2.24. The van der Waals surface area contributed by atoms with Crippen LogP contribution in [0.2, 0.25) is 0 Å². The third-order valence-corrected chi connectivity index (χ3v) is 2.36. The molecule has 0 fully saturated rings. The minimum Gasteiger partial charge on any atom is -0.302 e. The summed E-state index contributed by atoms with van der Waals surface area (Å²) in [4.78, 5) is 10.7. The second-order valence-electron chi connectivity index (χ2n) is 3.50. The van der Waals surface area contributed by atoms with E-state index in [-0.39, 0.29) is 5.82 Å². The molecule has 3 heteroatoms. The van der Waals surface area contributed by atoms with E-state index < -0.39 is 5.41 Å². The minimum atomic E-state index is -0.634. The monoisotopic (exact) mass is 244 g/mol. The minimum absolute atomic E-state index is 0.334. The van der Waals surface area contributed by atoms with Gasteiger partial charge in [0.2, 0.25) is 0 Å². The normalized spacial score (nSPS) is 11.4. The van der Waals surface area contributed by atoms with Gasteiger partial charge in [-0.2, -0.15) is 0 Å². The molecule has 0 radical (unpaired) electrons. The molecule has 0 spiro atoms. The van der Waals surface area contributed by atoms with Crippen molar-refractivity contribution < 1.29 is 9.18 Å². The maximum atomic E-state index is 12.9. The largest absolute Gasteiger partial charge is 0.302 e. The summed E-state index contributed by atoms with van der Waals surface area (Å²) in [5, 5.41) is 0. The predicted molar refractivity (Wildman–Crippen MR) is 53.2 cm³/mol. The van der Waals surface area contributed by atoms with Crippen LogP contribution in [0.25, 0.3) is 0 Å². The third-order valence-electron chi connectivity index (χ3n) is 1.90. The number of carbonyl (C=O) groups is 1. The standard InChI is InChI=1S/C10H10BrFO/c1-10(2,6-13)7-3-8(11)5-9(12)4-7/h3-6H,1-2H3. The summed E-state index contributed by atoms with van der Waals surface area (Å²) in [7, 11) is 0. The summed E-state index contributed by atoms with van der Waals surface area (Å²) in [6, 6.07) is 4.49. The van der Waals surface area contributed by atoms with Gasteiger partial charge in [-0.05, 0) is 37.6 Å². The fourth-order valence-corrected chi connectivity index (χ4v) is 1.46. The number of benzene rings is 1. The lowest BCUT2D eigenvalue weighted by Crippen LogP contribution is -2.18. The molecule has 0 bridgehead atoms. The van der Waals surface area contributed by atoms with Crippen LogP contribution in [0.4, 0.5) is 4.39 Å². The number of halogens is 2. The molecule has 13 heavy (non-hydrogen) atoms. The summed E-state index contributed by atoms with van der Waals surface area (Å²) >= 11 is 3.18. The van der Waals surface area contributed by atoms with Crippen LogP contribution < -0.4 is 0 Å². The van der Waals surface area contributed by atoms with Gasteiger partial charge in [-0.25, -0.2) is 4.39 Å². The Morgan fingerprint density at radius 1 is 1.38 bits per heavy atom. The van der Waals surface area contributed by atoms with E-state index in [1.54, 1.807) is 19.9 Å². The number of rotatable bonds is 2. The molecule has 1 aromatic carbocycles. The van der Waals surface area contributed by atoms with Crippen LogP contribution in [0, 0.1) is 5.82 Å².